The van der Waals surface area contributed by atoms with E-state index in [0.717, 1.165) is 5.56 Å². The van der Waals surface area contributed by atoms with Gasteiger partial charge in [0.1, 0.15) is 0 Å². The quantitative estimate of drug-likeness (QED) is 0.853. The van der Waals surface area contributed by atoms with E-state index in [4.69, 9.17) is 0 Å². The monoisotopic (exact) mass is 272 g/mol. The summed E-state index contributed by atoms with van der Waals surface area (Å²) >= 11 is 0. The zero-order chi connectivity index (χ0) is 13.4. The molecule has 1 aliphatic rings. The third-order valence-corrected chi connectivity index (χ3v) is 5.21. The van der Waals surface area contributed by atoms with Crippen LogP contribution in [0.4, 0.5) is 0 Å². The molecule has 6 nitrogen and oxygen atoms in total. The normalized spacial score (nSPS) is 26.3. The van der Waals surface area contributed by atoms with Crippen LogP contribution in [0.15, 0.2) is 12.4 Å². The van der Waals surface area contributed by atoms with Gasteiger partial charge in [-0.3, -0.25) is 9.48 Å². The van der Waals surface area contributed by atoms with E-state index in [1.165, 1.54) is 0 Å². The van der Waals surface area contributed by atoms with Crippen LogP contribution in [-0.2, 0) is 27.6 Å². The van der Waals surface area contributed by atoms with Gasteiger partial charge < -0.3 is 5.11 Å². The van der Waals surface area contributed by atoms with Crippen molar-refractivity contribution in [1.82, 2.24) is 9.78 Å². The second-order valence-corrected chi connectivity index (χ2v) is 6.99. The lowest BCUT2D eigenvalue weighted by molar-refractivity contribution is -0.147. The van der Waals surface area contributed by atoms with Gasteiger partial charge in [0.25, 0.3) is 0 Å². The van der Waals surface area contributed by atoms with Crippen molar-refractivity contribution in [3.63, 3.8) is 0 Å². The van der Waals surface area contributed by atoms with Gasteiger partial charge in [0, 0.05) is 12.7 Å². The summed E-state index contributed by atoms with van der Waals surface area (Å²) in [6.45, 7) is 2.64. The molecule has 0 aliphatic carbocycles. The highest BCUT2D eigenvalue weighted by Crippen LogP contribution is 2.36. The summed E-state index contributed by atoms with van der Waals surface area (Å²) in [6.07, 6.45) is 3.79. The maximum Gasteiger partial charge on any atom is 0.311 e. The van der Waals surface area contributed by atoms with Crippen LogP contribution in [0.2, 0.25) is 0 Å². The van der Waals surface area contributed by atoms with E-state index in [-0.39, 0.29) is 24.3 Å². The molecular weight excluding hydrogens is 256 g/mol. The van der Waals surface area contributed by atoms with E-state index in [1.54, 1.807) is 17.1 Å². The number of aromatic nitrogens is 2. The maximum atomic E-state index is 11.5. The molecule has 1 unspecified atom stereocenters. The molecule has 2 rings (SSSR count). The fourth-order valence-electron chi connectivity index (χ4n) is 2.36. The van der Waals surface area contributed by atoms with Crippen molar-refractivity contribution in [3.05, 3.63) is 18.0 Å². The second-order valence-electron chi connectivity index (χ2n) is 4.81. The molecule has 0 saturated carbocycles. The molecule has 1 fully saturated rings. The molecule has 0 spiro atoms. The van der Waals surface area contributed by atoms with Crippen LogP contribution in [0.1, 0.15) is 18.9 Å². The Labute approximate surface area is 106 Å². The molecule has 1 aliphatic heterocycles. The molecule has 18 heavy (non-hydrogen) atoms. The van der Waals surface area contributed by atoms with Gasteiger partial charge in [-0.25, -0.2) is 8.42 Å². The average molecular weight is 272 g/mol. The number of hydrogen-bond donors (Lipinski definition) is 1. The summed E-state index contributed by atoms with van der Waals surface area (Å²) in [6, 6.07) is 0. The van der Waals surface area contributed by atoms with Gasteiger partial charge in [-0.1, -0.05) is 0 Å². The summed E-state index contributed by atoms with van der Waals surface area (Å²) in [7, 11) is -3.23. The van der Waals surface area contributed by atoms with Crippen molar-refractivity contribution in [2.24, 2.45) is 5.41 Å². The summed E-state index contributed by atoms with van der Waals surface area (Å²) in [5.41, 5.74) is -0.406. The third kappa shape index (κ3) is 2.40. The standard InChI is InChI=1S/C11H16N2O4S/c1-2-13-7-9(6-12-13)5-11(10(14)15)3-4-18(16,17)8-11/h6-7H,2-5,8H2,1H3,(H,14,15). The zero-order valence-electron chi connectivity index (χ0n) is 10.2. The molecule has 7 heteroatoms. The third-order valence-electron chi connectivity index (χ3n) is 3.39. The van der Waals surface area contributed by atoms with Crippen LogP contribution in [0.25, 0.3) is 0 Å². The summed E-state index contributed by atoms with van der Waals surface area (Å²) in [4.78, 5) is 11.4. The van der Waals surface area contributed by atoms with Crippen LogP contribution in [0.5, 0.6) is 0 Å². The lowest BCUT2D eigenvalue weighted by atomic mass is 9.82. The fourth-order valence-corrected chi connectivity index (χ4v) is 4.42. The van der Waals surface area contributed by atoms with Crippen molar-refractivity contribution in [2.75, 3.05) is 11.5 Å². The van der Waals surface area contributed by atoms with E-state index < -0.39 is 21.2 Å². The number of aryl methyl sites for hydroxylation is 1. The molecule has 2 heterocycles. The minimum absolute atomic E-state index is 0.0405. The molecule has 100 valence electrons. The number of hydrogen-bond acceptors (Lipinski definition) is 4. The first-order valence-corrected chi connectivity index (χ1v) is 7.64. The highest BCUT2D eigenvalue weighted by atomic mass is 32.2. The minimum Gasteiger partial charge on any atom is -0.481 e. The van der Waals surface area contributed by atoms with Crippen LogP contribution < -0.4 is 0 Å². The lowest BCUT2D eigenvalue weighted by Gasteiger charge is -2.21. The lowest BCUT2D eigenvalue weighted by Crippen LogP contribution is -2.34. The first-order valence-electron chi connectivity index (χ1n) is 5.82. The SMILES string of the molecule is CCn1cc(CC2(C(=O)O)CCS(=O)(=O)C2)cn1. The van der Waals surface area contributed by atoms with Crippen molar-refractivity contribution in [1.29, 1.82) is 0 Å². The molecular formula is C11H16N2O4S. The van der Waals surface area contributed by atoms with Crippen LogP contribution >= 0.6 is 0 Å². The Morgan fingerprint density at radius 2 is 2.33 bits per heavy atom. The largest absolute Gasteiger partial charge is 0.481 e. The van der Waals surface area contributed by atoms with E-state index in [0.29, 0.717) is 6.54 Å². The first-order chi connectivity index (χ1) is 8.37. The van der Waals surface area contributed by atoms with E-state index in [2.05, 4.69) is 5.10 Å². The molecule has 0 amide bonds. The van der Waals surface area contributed by atoms with Crippen molar-refractivity contribution in [3.8, 4) is 0 Å². The van der Waals surface area contributed by atoms with E-state index in [9.17, 15) is 18.3 Å². The predicted octanol–water partition coefficient (Wildman–Crippen LogP) is 0.335. The van der Waals surface area contributed by atoms with Gasteiger partial charge >= 0.3 is 5.97 Å². The number of nitrogens with zero attached hydrogens (tertiary/aromatic N) is 2. The number of aliphatic carboxylic acids is 1. The average Bonchev–Trinajstić information content (AvgIpc) is 2.84. The number of carboxylic acids is 1. The van der Waals surface area contributed by atoms with Gasteiger partial charge in [-0.2, -0.15) is 5.10 Å². The molecule has 0 radical (unpaired) electrons. The Balaban J connectivity index is 2.25. The van der Waals surface area contributed by atoms with Gasteiger partial charge in [-0.05, 0) is 25.3 Å². The van der Waals surface area contributed by atoms with Gasteiger partial charge in [-0.15, -0.1) is 0 Å². The second kappa shape index (κ2) is 4.38. The number of carbonyl (C=O) groups is 1. The first kappa shape index (κ1) is 13.1. The zero-order valence-corrected chi connectivity index (χ0v) is 11.0. The topological polar surface area (TPSA) is 89.3 Å². The molecule has 1 N–H and O–H groups in total. The van der Waals surface area contributed by atoms with E-state index in [1.807, 2.05) is 6.92 Å². The van der Waals surface area contributed by atoms with Gasteiger partial charge in [0.05, 0.1) is 23.1 Å². The number of sulfone groups is 1. The summed E-state index contributed by atoms with van der Waals surface area (Å²) in [5, 5.41) is 13.4. The fraction of sp³-hybridized carbons (Fsp3) is 0.636. The van der Waals surface area contributed by atoms with Crippen LogP contribution in [-0.4, -0.2) is 40.8 Å². The Kier molecular flexibility index (Phi) is 3.18. The minimum atomic E-state index is -3.23. The predicted molar refractivity (Wildman–Crippen MR) is 64.9 cm³/mol. The van der Waals surface area contributed by atoms with E-state index >= 15 is 0 Å². The number of carboxylic acid groups (broad SMARTS) is 1. The highest BCUT2D eigenvalue weighted by molar-refractivity contribution is 7.91. The summed E-state index contributed by atoms with van der Waals surface area (Å²) < 4.78 is 24.7. The number of rotatable bonds is 4. The highest BCUT2D eigenvalue weighted by Gasteiger charge is 2.48. The van der Waals surface area contributed by atoms with Crippen LogP contribution in [0.3, 0.4) is 0 Å². The van der Waals surface area contributed by atoms with Crippen molar-refractivity contribution < 1.29 is 18.3 Å². The Bertz CT molecular complexity index is 563. The Morgan fingerprint density at radius 3 is 2.78 bits per heavy atom. The molecule has 1 atom stereocenters. The smallest absolute Gasteiger partial charge is 0.311 e. The summed E-state index contributed by atoms with van der Waals surface area (Å²) in [5.74, 6) is -1.35. The molecule has 0 bridgehead atoms. The van der Waals surface area contributed by atoms with Crippen LogP contribution in [0, 0.1) is 5.41 Å². The molecule has 1 aromatic heterocycles. The Morgan fingerprint density at radius 1 is 1.61 bits per heavy atom. The van der Waals surface area contributed by atoms with Crippen molar-refractivity contribution >= 4 is 15.8 Å². The van der Waals surface area contributed by atoms with Crippen molar-refractivity contribution in [2.45, 2.75) is 26.3 Å². The molecule has 0 aromatic carbocycles. The van der Waals surface area contributed by atoms with Gasteiger partial charge in [0.2, 0.25) is 0 Å². The molecule has 1 saturated heterocycles. The maximum absolute atomic E-state index is 11.5. The molecule has 1 aromatic rings. The van der Waals surface area contributed by atoms with Gasteiger partial charge in [0.15, 0.2) is 9.84 Å². The Hall–Kier alpha value is -1.37.